The Morgan fingerprint density at radius 2 is 1.48 bits per heavy atom. The molecule has 0 aliphatic rings. The van der Waals surface area contributed by atoms with Gasteiger partial charge >= 0.3 is 18.2 Å². The van der Waals surface area contributed by atoms with Crippen molar-refractivity contribution in [3.8, 4) is 0 Å². The first-order chi connectivity index (χ1) is 14.5. The van der Waals surface area contributed by atoms with Gasteiger partial charge in [0, 0.05) is 11.4 Å². The Morgan fingerprint density at radius 1 is 0.968 bits per heavy atom. The molecule has 31 heavy (non-hydrogen) atoms. The molecule has 10 heteroatoms. The topological polar surface area (TPSA) is 102 Å². The maximum Gasteiger partial charge on any atom is 0.436 e. The number of nitrogens with zero attached hydrogens (tertiary/aromatic N) is 2. The number of ether oxygens (including phenoxy) is 3. The lowest BCUT2D eigenvalue weighted by atomic mass is 10.1. The lowest BCUT2D eigenvalue weighted by Gasteiger charge is -2.32. The van der Waals surface area contributed by atoms with E-state index in [1.807, 2.05) is 0 Å². The van der Waals surface area contributed by atoms with Gasteiger partial charge in [0.1, 0.15) is 0 Å². The number of carbonyl (C=O) groups is 4. The van der Waals surface area contributed by atoms with E-state index in [4.69, 9.17) is 14.2 Å². The molecule has 9 nitrogen and oxygen atoms in total. The van der Waals surface area contributed by atoms with Gasteiger partial charge in [-0.1, -0.05) is 28.1 Å². The van der Waals surface area contributed by atoms with Crippen LogP contribution in [0.5, 0.6) is 0 Å². The van der Waals surface area contributed by atoms with Crippen molar-refractivity contribution in [2.24, 2.45) is 0 Å². The highest BCUT2D eigenvalue weighted by Crippen LogP contribution is 2.17. The van der Waals surface area contributed by atoms with Crippen molar-refractivity contribution in [2.45, 2.75) is 46.8 Å². The molecular formula is C21H27BrN2O7. The molecule has 0 aromatic heterocycles. The summed E-state index contributed by atoms with van der Waals surface area (Å²) in [6, 6.07) is 7.01. The largest absolute Gasteiger partial charge is 0.466 e. The van der Waals surface area contributed by atoms with Crippen molar-refractivity contribution in [1.29, 1.82) is 0 Å². The number of halogens is 1. The summed E-state index contributed by atoms with van der Waals surface area (Å²) >= 11 is 3.33. The first kappa shape index (κ1) is 26.2. The Hall–Kier alpha value is -2.88. The highest BCUT2D eigenvalue weighted by atomic mass is 79.9. The highest BCUT2D eigenvalue weighted by molar-refractivity contribution is 9.10. The molecule has 170 valence electrons. The molecule has 3 amide bonds. The van der Waals surface area contributed by atoms with Crippen LogP contribution in [0.2, 0.25) is 0 Å². The number of amides is 3. The third-order valence-corrected chi connectivity index (χ3v) is 4.10. The monoisotopic (exact) mass is 498 g/mol. The summed E-state index contributed by atoms with van der Waals surface area (Å²) in [6.07, 6.45) is -1.68. The normalized spacial score (nSPS) is 11.2. The molecule has 0 atom stereocenters. The first-order valence-corrected chi connectivity index (χ1v) is 10.3. The molecule has 0 spiro atoms. The summed E-state index contributed by atoms with van der Waals surface area (Å²) in [7, 11) is 1.18. The van der Waals surface area contributed by atoms with E-state index in [1.54, 1.807) is 52.0 Å². The van der Waals surface area contributed by atoms with Crippen LogP contribution < -0.4 is 0 Å². The van der Waals surface area contributed by atoms with Gasteiger partial charge in [-0.25, -0.2) is 19.4 Å². The predicted octanol–water partition coefficient (Wildman–Crippen LogP) is 4.16. The van der Waals surface area contributed by atoms with E-state index < -0.39 is 42.8 Å². The first-order valence-electron chi connectivity index (χ1n) is 9.50. The minimum absolute atomic E-state index is 0.00845. The van der Waals surface area contributed by atoms with Gasteiger partial charge in [0.2, 0.25) is 5.91 Å². The zero-order valence-electron chi connectivity index (χ0n) is 18.4. The fraction of sp³-hybridized carbons (Fsp3) is 0.429. The Labute approximate surface area is 190 Å². The van der Waals surface area contributed by atoms with Crippen molar-refractivity contribution in [3.63, 3.8) is 0 Å². The van der Waals surface area contributed by atoms with E-state index >= 15 is 0 Å². The van der Waals surface area contributed by atoms with Crippen LogP contribution in [0.4, 0.5) is 9.59 Å². The van der Waals surface area contributed by atoms with Crippen molar-refractivity contribution in [3.05, 3.63) is 39.9 Å². The highest BCUT2D eigenvalue weighted by Gasteiger charge is 2.35. The van der Waals surface area contributed by atoms with Crippen LogP contribution in [0.1, 0.15) is 40.2 Å². The van der Waals surface area contributed by atoms with Gasteiger partial charge in [-0.2, -0.15) is 0 Å². The molecule has 0 aliphatic heterocycles. The van der Waals surface area contributed by atoms with Crippen LogP contribution in [0.3, 0.4) is 0 Å². The average molecular weight is 499 g/mol. The molecule has 0 fully saturated rings. The number of hydrogen-bond donors (Lipinski definition) is 0. The van der Waals surface area contributed by atoms with Crippen LogP contribution >= 0.6 is 15.9 Å². The lowest BCUT2D eigenvalue weighted by molar-refractivity contribution is -0.143. The smallest absolute Gasteiger partial charge is 0.436 e. The van der Waals surface area contributed by atoms with Crippen LogP contribution in [-0.4, -0.2) is 59.9 Å². The summed E-state index contributed by atoms with van der Waals surface area (Å²) in [5, 5.41) is 1.22. The van der Waals surface area contributed by atoms with Gasteiger partial charge in [0.15, 0.2) is 0 Å². The molecule has 0 N–H and O–H groups in total. The lowest BCUT2D eigenvalue weighted by Crippen LogP contribution is -2.54. The minimum atomic E-state index is -1.07. The van der Waals surface area contributed by atoms with Gasteiger partial charge in [0.25, 0.3) is 0 Å². The predicted molar refractivity (Wildman–Crippen MR) is 117 cm³/mol. The van der Waals surface area contributed by atoms with Gasteiger partial charge in [-0.15, -0.1) is 5.01 Å². The number of benzene rings is 1. The summed E-state index contributed by atoms with van der Waals surface area (Å²) in [4.78, 5) is 49.9. The van der Waals surface area contributed by atoms with Crippen LogP contribution in [0, 0.1) is 0 Å². The maximum atomic E-state index is 12.7. The molecular weight excluding hydrogens is 472 g/mol. The fourth-order valence-corrected chi connectivity index (χ4v) is 2.61. The fourth-order valence-electron chi connectivity index (χ4n) is 2.35. The van der Waals surface area contributed by atoms with E-state index in [-0.39, 0.29) is 5.57 Å². The van der Waals surface area contributed by atoms with E-state index in [0.717, 1.165) is 11.4 Å². The number of imide groups is 1. The van der Waals surface area contributed by atoms with E-state index in [1.165, 1.54) is 13.2 Å². The molecule has 0 saturated carbocycles. The number of hydrogen-bond acceptors (Lipinski definition) is 7. The van der Waals surface area contributed by atoms with Crippen molar-refractivity contribution in [1.82, 2.24) is 10.0 Å². The van der Waals surface area contributed by atoms with Gasteiger partial charge in [0.05, 0.1) is 31.4 Å². The number of carbonyl (C=O) groups excluding carboxylic acids is 4. The Bertz CT molecular complexity index is 835. The van der Waals surface area contributed by atoms with Crippen LogP contribution in [0.15, 0.2) is 34.3 Å². The molecule has 0 radical (unpaired) electrons. The van der Waals surface area contributed by atoms with Crippen molar-refractivity contribution in [2.75, 3.05) is 13.7 Å². The summed E-state index contributed by atoms with van der Waals surface area (Å²) in [5.74, 6) is -1.54. The molecule has 0 saturated heterocycles. The quantitative estimate of drug-likeness (QED) is 0.251. The number of esters is 1. The van der Waals surface area contributed by atoms with Gasteiger partial charge < -0.3 is 14.2 Å². The summed E-state index contributed by atoms with van der Waals surface area (Å²) < 4.78 is 15.9. The molecule has 0 unspecified atom stereocenters. The second-order valence-corrected chi connectivity index (χ2v) is 7.88. The average Bonchev–Trinajstić information content (AvgIpc) is 2.66. The molecule has 1 rings (SSSR count). The number of rotatable bonds is 6. The molecule has 0 heterocycles. The third-order valence-electron chi connectivity index (χ3n) is 3.58. The SMILES string of the molecule is COC(=O)/C(=C\c1ccc(Br)cc1)CN(C(=O)OC(C)C)N(C(C)=O)C(=O)OC(C)C. The van der Waals surface area contributed by atoms with E-state index in [9.17, 15) is 19.2 Å². The van der Waals surface area contributed by atoms with Crippen molar-refractivity contribution >= 4 is 46.1 Å². The third kappa shape index (κ3) is 8.41. The van der Waals surface area contributed by atoms with Crippen molar-refractivity contribution < 1.29 is 33.4 Å². The molecule has 0 aliphatic carbocycles. The zero-order chi connectivity index (χ0) is 23.7. The second-order valence-electron chi connectivity index (χ2n) is 6.97. The molecule has 1 aromatic rings. The standard InChI is InChI=1S/C21H27BrN2O7/c1-13(2)30-20(27)23(24(15(5)25)21(28)31-14(3)4)12-17(19(26)29-6)11-16-7-9-18(22)10-8-16/h7-11,13-14H,12H2,1-6H3/b17-11-. The molecule has 1 aromatic carbocycles. The Kier molecular flexibility index (Phi) is 10.2. The Morgan fingerprint density at radius 3 is 1.94 bits per heavy atom. The van der Waals surface area contributed by atoms with Crippen LogP contribution in [-0.2, 0) is 23.8 Å². The summed E-state index contributed by atoms with van der Waals surface area (Å²) in [5.41, 5.74) is 0.647. The zero-order valence-corrected chi connectivity index (χ0v) is 20.0. The summed E-state index contributed by atoms with van der Waals surface area (Å²) in [6.45, 7) is 7.04. The molecule has 0 bridgehead atoms. The van der Waals surface area contributed by atoms with Gasteiger partial charge in [-0.3, -0.25) is 4.79 Å². The second kappa shape index (κ2) is 12.1. The van der Waals surface area contributed by atoms with Crippen LogP contribution in [0.25, 0.3) is 6.08 Å². The minimum Gasteiger partial charge on any atom is -0.466 e. The number of hydrazine groups is 1. The Balaban J connectivity index is 3.44. The maximum absolute atomic E-state index is 12.7. The van der Waals surface area contributed by atoms with Gasteiger partial charge in [-0.05, 0) is 51.5 Å². The number of methoxy groups -OCH3 is 1. The van der Waals surface area contributed by atoms with E-state index in [2.05, 4.69) is 15.9 Å². The van der Waals surface area contributed by atoms with E-state index in [0.29, 0.717) is 15.6 Å².